The molecular weight excluding hydrogens is 522 g/mol. The van der Waals surface area contributed by atoms with Crippen LogP contribution in [0.25, 0.3) is 16.6 Å². The molecule has 5 aromatic rings. The highest BCUT2D eigenvalue weighted by Gasteiger charge is 2.26. The van der Waals surface area contributed by atoms with E-state index in [1.54, 1.807) is 50.5 Å². The van der Waals surface area contributed by atoms with Crippen molar-refractivity contribution in [1.82, 2.24) is 14.3 Å². The van der Waals surface area contributed by atoms with Crippen molar-refractivity contribution in [3.8, 4) is 11.4 Å². The number of ether oxygens (including phenoxy) is 1. The van der Waals surface area contributed by atoms with Crippen molar-refractivity contribution < 1.29 is 14.6 Å². The van der Waals surface area contributed by atoms with Gasteiger partial charge in [-0.05, 0) is 68.8 Å². The average molecular weight is 554 g/mol. The van der Waals surface area contributed by atoms with Gasteiger partial charge in [0, 0.05) is 39.6 Å². The number of methoxy groups -OCH3 is 1. The van der Waals surface area contributed by atoms with Crippen LogP contribution in [0.4, 0.5) is 0 Å². The number of carbonyl (C=O) groups excluding carboxylic acids is 1. The number of aliphatic hydroxyl groups is 1. The molecule has 2 heterocycles. The van der Waals surface area contributed by atoms with E-state index in [0.29, 0.717) is 11.4 Å². The van der Waals surface area contributed by atoms with Crippen LogP contribution in [0.1, 0.15) is 35.5 Å². The van der Waals surface area contributed by atoms with E-state index in [2.05, 4.69) is 4.98 Å². The second kappa shape index (κ2) is 11.2. The normalized spacial score (nSPS) is 11.6. The molecular formula is C32H31N3O4S. The first kappa shape index (κ1) is 27.4. The van der Waals surface area contributed by atoms with E-state index in [-0.39, 0.29) is 29.9 Å². The zero-order valence-electron chi connectivity index (χ0n) is 22.9. The molecule has 0 atom stereocenters. The summed E-state index contributed by atoms with van der Waals surface area (Å²) in [6.07, 6.45) is 1.88. The first-order valence-electron chi connectivity index (χ1n) is 13.0. The van der Waals surface area contributed by atoms with Crippen LogP contribution in [0.5, 0.6) is 5.75 Å². The van der Waals surface area contributed by atoms with Crippen molar-refractivity contribution in [2.24, 2.45) is 0 Å². The maximum absolute atomic E-state index is 13.6. The Morgan fingerprint density at radius 2 is 1.75 bits per heavy atom. The highest BCUT2D eigenvalue weighted by Crippen LogP contribution is 2.34. The Balaban J connectivity index is 1.40. The van der Waals surface area contributed by atoms with Crippen LogP contribution in [0.2, 0.25) is 0 Å². The van der Waals surface area contributed by atoms with E-state index >= 15 is 0 Å². The van der Waals surface area contributed by atoms with Gasteiger partial charge in [0.15, 0.2) is 5.78 Å². The van der Waals surface area contributed by atoms with E-state index < -0.39 is 5.60 Å². The van der Waals surface area contributed by atoms with Gasteiger partial charge in [-0.25, -0.2) is 4.68 Å². The molecule has 7 nitrogen and oxygen atoms in total. The van der Waals surface area contributed by atoms with Gasteiger partial charge in [0.2, 0.25) is 0 Å². The van der Waals surface area contributed by atoms with Crippen molar-refractivity contribution >= 4 is 28.4 Å². The van der Waals surface area contributed by atoms with Gasteiger partial charge in [0.05, 0.1) is 30.5 Å². The third-order valence-corrected chi connectivity index (χ3v) is 7.72. The number of nitrogens with zero attached hydrogens (tertiary/aromatic N) is 3. The summed E-state index contributed by atoms with van der Waals surface area (Å²) in [4.78, 5) is 33.6. The molecule has 0 radical (unpaired) electrons. The first-order chi connectivity index (χ1) is 19.1. The minimum atomic E-state index is -1.08. The molecule has 0 aliphatic carbocycles. The summed E-state index contributed by atoms with van der Waals surface area (Å²) in [5.74, 6) is 0.508. The zero-order chi connectivity index (χ0) is 28.4. The summed E-state index contributed by atoms with van der Waals surface area (Å²) in [6.45, 7) is 5.28. The number of hydrogen-bond acceptors (Lipinski definition) is 6. The van der Waals surface area contributed by atoms with Crippen LogP contribution in [-0.4, -0.2) is 37.9 Å². The van der Waals surface area contributed by atoms with Crippen molar-refractivity contribution in [2.75, 3.05) is 7.11 Å². The van der Waals surface area contributed by atoms with E-state index in [4.69, 9.17) is 4.74 Å². The number of ketones is 1. The van der Waals surface area contributed by atoms with E-state index in [9.17, 15) is 14.7 Å². The fraction of sp³-hybridized carbons (Fsp3) is 0.219. The molecule has 0 aliphatic heterocycles. The van der Waals surface area contributed by atoms with Crippen LogP contribution in [0.15, 0.2) is 99.6 Å². The van der Waals surface area contributed by atoms with Gasteiger partial charge in [-0.3, -0.25) is 19.3 Å². The van der Waals surface area contributed by atoms with E-state index in [1.165, 1.54) is 4.68 Å². The summed E-state index contributed by atoms with van der Waals surface area (Å²) in [5, 5.41) is 11.6. The summed E-state index contributed by atoms with van der Waals surface area (Å²) in [5.41, 5.74) is 1.54. The molecule has 0 saturated heterocycles. The van der Waals surface area contributed by atoms with E-state index in [1.807, 2.05) is 78.9 Å². The Labute approximate surface area is 237 Å². The second-order valence-corrected chi connectivity index (χ2v) is 11.4. The molecule has 204 valence electrons. The van der Waals surface area contributed by atoms with Crippen LogP contribution >= 0.6 is 11.8 Å². The van der Waals surface area contributed by atoms with Gasteiger partial charge >= 0.3 is 0 Å². The standard InChI is InChI=1S/C32H31N3O4S/c1-21-30(31(37)35(23-8-6-5-7-9-23)34(21)20-32(2,3)38)28(36)18-22-10-13-25(14-11-22)40-29-16-17-33-27-19-24(39-4)12-15-26(27)29/h5-17,19,38H,18,20H2,1-4H3. The van der Waals surface area contributed by atoms with Gasteiger partial charge in [-0.2, -0.15) is 0 Å². The van der Waals surface area contributed by atoms with Crippen LogP contribution in [0.3, 0.4) is 0 Å². The van der Waals surface area contributed by atoms with Gasteiger partial charge in [-0.1, -0.05) is 42.1 Å². The number of hydrogen-bond donors (Lipinski definition) is 1. The topological polar surface area (TPSA) is 86.4 Å². The summed E-state index contributed by atoms with van der Waals surface area (Å²) < 4.78 is 8.49. The number of carbonyl (C=O) groups is 1. The molecule has 8 heteroatoms. The molecule has 0 amide bonds. The minimum Gasteiger partial charge on any atom is -0.497 e. The lowest BCUT2D eigenvalue weighted by Crippen LogP contribution is -2.32. The lowest BCUT2D eigenvalue weighted by Gasteiger charge is -2.22. The molecule has 3 aromatic carbocycles. The fourth-order valence-electron chi connectivity index (χ4n) is 4.75. The van der Waals surface area contributed by atoms with Gasteiger partial charge in [0.25, 0.3) is 5.56 Å². The average Bonchev–Trinajstić information content (AvgIpc) is 3.17. The zero-order valence-corrected chi connectivity index (χ0v) is 23.7. The van der Waals surface area contributed by atoms with E-state index in [0.717, 1.165) is 32.0 Å². The van der Waals surface area contributed by atoms with Crippen LogP contribution in [0, 0.1) is 6.92 Å². The van der Waals surface area contributed by atoms with Crippen molar-refractivity contribution in [3.63, 3.8) is 0 Å². The predicted molar refractivity (Wildman–Crippen MR) is 158 cm³/mol. The Morgan fingerprint density at radius 1 is 1.02 bits per heavy atom. The SMILES string of the molecule is COc1ccc2c(Sc3ccc(CC(=O)c4c(C)n(CC(C)(C)O)n(-c5ccccc5)c4=O)cc3)ccnc2c1. The van der Waals surface area contributed by atoms with Crippen molar-refractivity contribution in [1.29, 1.82) is 0 Å². The highest BCUT2D eigenvalue weighted by molar-refractivity contribution is 7.99. The van der Waals surface area contributed by atoms with Crippen LogP contribution in [-0.2, 0) is 13.0 Å². The number of aromatic nitrogens is 3. The largest absolute Gasteiger partial charge is 0.497 e. The lowest BCUT2D eigenvalue weighted by molar-refractivity contribution is 0.0546. The van der Waals surface area contributed by atoms with Gasteiger partial charge in [0.1, 0.15) is 11.3 Å². The Hall–Kier alpha value is -4.14. The number of pyridine rings is 1. The fourth-order valence-corrected chi connectivity index (χ4v) is 5.68. The lowest BCUT2D eigenvalue weighted by atomic mass is 10.0. The maximum atomic E-state index is 13.6. The number of rotatable bonds is 9. The molecule has 0 bridgehead atoms. The monoisotopic (exact) mass is 553 g/mol. The van der Waals surface area contributed by atoms with Gasteiger partial charge < -0.3 is 9.84 Å². The highest BCUT2D eigenvalue weighted by atomic mass is 32.2. The second-order valence-electron chi connectivity index (χ2n) is 10.3. The molecule has 5 rings (SSSR count). The molecule has 0 aliphatic rings. The molecule has 0 saturated carbocycles. The Kier molecular flexibility index (Phi) is 7.65. The number of para-hydroxylation sites is 1. The minimum absolute atomic E-state index is 0.0975. The first-order valence-corrected chi connectivity index (χ1v) is 13.8. The summed E-state index contributed by atoms with van der Waals surface area (Å²) >= 11 is 1.62. The Bertz CT molecular complexity index is 1730. The van der Waals surface area contributed by atoms with Crippen molar-refractivity contribution in [2.45, 2.75) is 49.1 Å². The predicted octanol–water partition coefficient (Wildman–Crippen LogP) is 5.85. The molecule has 2 aromatic heterocycles. The van der Waals surface area contributed by atoms with Crippen LogP contribution < -0.4 is 10.3 Å². The third kappa shape index (κ3) is 5.73. The summed E-state index contributed by atoms with van der Waals surface area (Å²) in [6, 6.07) is 24.8. The van der Waals surface area contributed by atoms with Gasteiger partial charge in [-0.15, -0.1) is 0 Å². The molecule has 40 heavy (non-hydrogen) atoms. The maximum Gasteiger partial charge on any atom is 0.282 e. The molecule has 1 N–H and O–H groups in total. The third-order valence-electron chi connectivity index (χ3n) is 6.64. The number of Topliss-reactive ketones (excluding diaryl/α,β-unsaturated/α-hetero) is 1. The molecule has 0 unspecified atom stereocenters. The molecule has 0 spiro atoms. The van der Waals surface area contributed by atoms with Crippen molar-refractivity contribution in [3.05, 3.63) is 112 Å². The number of benzene rings is 3. The smallest absolute Gasteiger partial charge is 0.282 e. The Morgan fingerprint density at radius 3 is 2.42 bits per heavy atom. The quantitative estimate of drug-likeness (QED) is 0.231. The number of fused-ring (bicyclic) bond motifs is 1. The summed E-state index contributed by atoms with van der Waals surface area (Å²) in [7, 11) is 1.64. The molecule has 0 fully saturated rings.